The number of nitrogens with zero attached hydrogens (tertiary/aromatic N) is 3. The third-order valence-electron chi connectivity index (χ3n) is 1.14. The van der Waals surface area contributed by atoms with E-state index in [2.05, 4.69) is 15.5 Å². The summed E-state index contributed by atoms with van der Waals surface area (Å²) in [6, 6.07) is 0. The molecule has 0 aliphatic heterocycles. The summed E-state index contributed by atoms with van der Waals surface area (Å²) in [6.45, 7) is -0.122. The minimum atomic E-state index is -0.830. The van der Waals surface area contributed by atoms with Crippen LogP contribution in [0, 0.1) is 4.77 Å². The highest BCUT2D eigenvalue weighted by Gasteiger charge is 2.03. The molecule has 0 saturated heterocycles. The lowest BCUT2D eigenvalue weighted by Gasteiger charge is -2.05. The fraction of sp³-hybridized carbons (Fsp3) is 0.750. The summed E-state index contributed by atoms with van der Waals surface area (Å²) in [7, 11) is 0. The van der Waals surface area contributed by atoms with E-state index in [0.717, 1.165) is 0 Å². The number of rotatable bonds is 3. The van der Waals surface area contributed by atoms with E-state index in [1.807, 2.05) is 0 Å². The van der Waals surface area contributed by atoms with Gasteiger partial charge in [-0.25, -0.2) is 4.68 Å². The van der Waals surface area contributed by atoms with Crippen molar-refractivity contribution in [1.82, 2.24) is 20.2 Å². The second-order valence-electron chi connectivity index (χ2n) is 2.03. The van der Waals surface area contributed by atoms with Gasteiger partial charge in [0.2, 0.25) is 4.77 Å². The summed E-state index contributed by atoms with van der Waals surface area (Å²) >= 11 is 4.72. The van der Waals surface area contributed by atoms with Gasteiger partial charge in [0, 0.05) is 0 Å². The van der Waals surface area contributed by atoms with Gasteiger partial charge in [0.25, 0.3) is 0 Å². The zero-order valence-corrected chi connectivity index (χ0v) is 6.95. The Morgan fingerprint density at radius 2 is 2.33 bits per heavy atom. The van der Waals surface area contributed by atoms with Gasteiger partial charge in [-0.2, -0.15) is 5.21 Å². The van der Waals surface area contributed by atoms with E-state index in [-0.39, 0.29) is 23.4 Å². The molecule has 0 saturated carbocycles. The van der Waals surface area contributed by atoms with Crippen molar-refractivity contribution in [3.05, 3.63) is 4.77 Å². The molecular formula is C4H10N4O3S. The van der Waals surface area contributed by atoms with E-state index in [0.29, 0.717) is 0 Å². The molecule has 0 aliphatic carbocycles. The molecule has 5 N–H and O–H groups in total. The quantitative estimate of drug-likeness (QED) is 0.475. The SMILES string of the molecule is O.OCC(O)Cn1[nH]nnc1=S. The van der Waals surface area contributed by atoms with E-state index >= 15 is 0 Å². The van der Waals surface area contributed by atoms with Gasteiger partial charge in [-0.05, 0) is 12.2 Å². The highest BCUT2D eigenvalue weighted by Crippen LogP contribution is 1.88. The number of hydrogen-bond acceptors (Lipinski definition) is 5. The zero-order chi connectivity index (χ0) is 8.27. The van der Waals surface area contributed by atoms with E-state index in [1.54, 1.807) is 0 Å². The first-order valence-corrected chi connectivity index (χ1v) is 3.41. The minimum absolute atomic E-state index is 0. The fourth-order valence-electron chi connectivity index (χ4n) is 0.603. The van der Waals surface area contributed by atoms with Crippen molar-refractivity contribution in [2.24, 2.45) is 0 Å². The number of aliphatic hydroxyl groups excluding tert-OH is 2. The van der Waals surface area contributed by atoms with E-state index in [9.17, 15) is 0 Å². The van der Waals surface area contributed by atoms with Crippen molar-refractivity contribution < 1.29 is 15.7 Å². The number of aromatic amines is 1. The first kappa shape index (κ1) is 11.2. The van der Waals surface area contributed by atoms with Crippen LogP contribution in [0.15, 0.2) is 0 Å². The Labute approximate surface area is 72.9 Å². The van der Waals surface area contributed by atoms with Gasteiger partial charge >= 0.3 is 0 Å². The van der Waals surface area contributed by atoms with Crippen LogP contribution in [0.4, 0.5) is 0 Å². The molecule has 1 heterocycles. The van der Waals surface area contributed by atoms with Gasteiger partial charge < -0.3 is 15.7 Å². The van der Waals surface area contributed by atoms with Crippen LogP contribution in [0.25, 0.3) is 0 Å². The summed E-state index contributed by atoms with van der Waals surface area (Å²) in [6.07, 6.45) is -0.830. The number of aliphatic hydroxyl groups is 2. The minimum Gasteiger partial charge on any atom is -0.412 e. The predicted octanol–water partition coefficient (Wildman–Crippen LogP) is -2.14. The maximum Gasteiger partial charge on any atom is 0.238 e. The Morgan fingerprint density at radius 3 is 2.75 bits per heavy atom. The van der Waals surface area contributed by atoms with Gasteiger partial charge in [0.05, 0.1) is 19.3 Å². The molecule has 7 nitrogen and oxygen atoms in total. The Morgan fingerprint density at radius 1 is 1.67 bits per heavy atom. The maximum absolute atomic E-state index is 8.96. The number of aromatic nitrogens is 4. The van der Waals surface area contributed by atoms with Crippen molar-refractivity contribution in [1.29, 1.82) is 0 Å². The van der Waals surface area contributed by atoms with Crippen molar-refractivity contribution in [3.8, 4) is 0 Å². The number of nitrogens with one attached hydrogen (secondary N) is 1. The van der Waals surface area contributed by atoms with Gasteiger partial charge in [-0.3, -0.25) is 0 Å². The zero-order valence-electron chi connectivity index (χ0n) is 6.14. The monoisotopic (exact) mass is 194 g/mol. The molecule has 0 spiro atoms. The fourth-order valence-corrected chi connectivity index (χ4v) is 0.759. The van der Waals surface area contributed by atoms with E-state index < -0.39 is 6.10 Å². The average Bonchev–Trinajstić information content (AvgIpc) is 2.37. The second-order valence-corrected chi connectivity index (χ2v) is 2.39. The molecule has 0 amide bonds. The Hall–Kier alpha value is -0.830. The van der Waals surface area contributed by atoms with E-state index in [1.165, 1.54) is 4.68 Å². The smallest absolute Gasteiger partial charge is 0.238 e. The molecule has 1 unspecified atom stereocenters. The van der Waals surface area contributed by atoms with Crippen molar-refractivity contribution >= 4 is 12.2 Å². The molecule has 8 heteroatoms. The van der Waals surface area contributed by atoms with Gasteiger partial charge in [0.15, 0.2) is 0 Å². The molecule has 0 aromatic carbocycles. The van der Waals surface area contributed by atoms with Crippen LogP contribution in [0.3, 0.4) is 0 Å². The highest BCUT2D eigenvalue weighted by molar-refractivity contribution is 7.71. The standard InChI is InChI=1S/C4H8N4O2S.H2O/c9-2-3(10)1-8-4(11)5-6-7-8;/h3,9-10H,1-2H2,(H,5,7,11);1H2. The van der Waals surface area contributed by atoms with Gasteiger partial charge in [-0.15, -0.1) is 0 Å². The third kappa shape index (κ3) is 2.66. The van der Waals surface area contributed by atoms with Gasteiger partial charge in [-0.1, -0.05) is 10.3 Å². The largest absolute Gasteiger partial charge is 0.412 e. The molecule has 1 atom stereocenters. The molecular weight excluding hydrogens is 184 g/mol. The van der Waals surface area contributed by atoms with Gasteiger partial charge in [0.1, 0.15) is 0 Å². The first-order chi connectivity index (χ1) is 5.24. The maximum atomic E-state index is 8.96. The summed E-state index contributed by atoms with van der Waals surface area (Å²) in [5.74, 6) is 0. The third-order valence-corrected chi connectivity index (χ3v) is 1.44. The van der Waals surface area contributed by atoms with Crippen LogP contribution in [0.5, 0.6) is 0 Å². The number of tetrazole rings is 1. The predicted molar refractivity (Wildman–Crippen MR) is 41.9 cm³/mol. The lowest BCUT2D eigenvalue weighted by atomic mass is 10.4. The lowest BCUT2D eigenvalue weighted by molar-refractivity contribution is 0.0774. The molecule has 0 bridgehead atoms. The number of H-pyrrole nitrogens is 1. The summed E-state index contributed by atoms with van der Waals surface area (Å²) in [4.78, 5) is 0. The van der Waals surface area contributed by atoms with Crippen molar-refractivity contribution in [2.45, 2.75) is 12.6 Å². The van der Waals surface area contributed by atoms with Crippen molar-refractivity contribution in [3.63, 3.8) is 0 Å². The van der Waals surface area contributed by atoms with E-state index in [4.69, 9.17) is 22.4 Å². The highest BCUT2D eigenvalue weighted by atomic mass is 32.1. The molecule has 0 radical (unpaired) electrons. The van der Waals surface area contributed by atoms with Crippen LogP contribution >= 0.6 is 12.2 Å². The molecule has 1 rings (SSSR count). The first-order valence-electron chi connectivity index (χ1n) is 3.01. The molecule has 1 aromatic heterocycles. The molecule has 1 aromatic rings. The van der Waals surface area contributed by atoms with Crippen LogP contribution in [0.2, 0.25) is 0 Å². The number of hydrogen-bond donors (Lipinski definition) is 3. The van der Waals surface area contributed by atoms with Crippen LogP contribution in [-0.2, 0) is 6.54 Å². The summed E-state index contributed by atoms with van der Waals surface area (Å²) in [5, 5.41) is 26.8. The van der Waals surface area contributed by atoms with Crippen LogP contribution in [-0.4, -0.2) is 48.6 Å². The molecule has 0 fully saturated rings. The lowest BCUT2D eigenvalue weighted by Crippen LogP contribution is -2.20. The summed E-state index contributed by atoms with van der Waals surface area (Å²) in [5.41, 5.74) is 0. The molecule has 0 aliphatic rings. The normalized spacial score (nSPS) is 12.2. The Kier molecular flexibility index (Phi) is 4.59. The second kappa shape index (κ2) is 4.93. The molecule has 70 valence electrons. The topological polar surface area (TPSA) is 118 Å². The van der Waals surface area contributed by atoms with Crippen LogP contribution < -0.4 is 0 Å². The summed E-state index contributed by atoms with van der Waals surface area (Å²) < 4.78 is 1.63. The Bertz CT molecular complexity index is 271. The average molecular weight is 194 g/mol. The van der Waals surface area contributed by atoms with Crippen molar-refractivity contribution in [2.75, 3.05) is 6.61 Å². The van der Waals surface area contributed by atoms with Crippen LogP contribution in [0.1, 0.15) is 0 Å². The Balaban J connectivity index is 0.00000121. The molecule has 12 heavy (non-hydrogen) atoms.